The number of guanidine groups is 1. The highest BCUT2D eigenvalue weighted by atomic mass is 127. The Labute approximate surface area is 171 Å². The smallest absolute Gasteiger partial charge is 0.243 e. The lowest BCUT2D eigenvalue weighted by atomic mass is 10.0. The standard InChI is InChI=1S/C18H37N5O.HI/c1-6-8-11-23-12-9-16(10-13-23)21-18(20-15(3)7-2)19-14-17(24)22(4)5;/h15-16H,6-14H2,1-5H3,(H2,19,20,21);1H. The van der Waals surface area contributed by atoms with Gasteiger partial charge in [-0.15, -0.1) is 24.0 Å². The monoisotopic (exact) mass is 467 g/mol. The molecular formula is C18H38IN5O. The van der Waals surface area contributed by atoms with Crippen molar-refractivity contribution in [3.8, 4) is 0 Å². The third-order valence-electron chi connectivity index (χ3n) is 4.62. The van der Waals surface area contributed by atoms with Gasteiger partial charge in [-0.3, -0.25) is 4.79 Å². The summed E-state index contributed by atoms with van der Waals surface area (Å²) < 4.78 is 0. The van der Waals surface area contributed by atoms with Crippen LogP contribution in [0.5, 0.6) is 0 Å². The molecular weight excluding hydrogens is 429 g/mol. The molecule has 7 heteroatoms. The van der Waals surface area contributed by atoms with Gasteiger partial charge in [0.2, 0.25) is 5.91 Å². The van der Waals surface area contributed by atoms with Gasteiger partial charge in [0, 0.05) is 39.3 Å². The number of rotatable bonds is 8. The summed E-state index contributed by atoms with van der Waals surface area (Å²) in [5, 5.41) is 6.94. The first kappa shape index (κ1) is 24.4. The van der Waals surface area contributed by atoms with Gasteiger partial charge >= 0.3 is 0 Å². The second-order valence-corrected chi connectivity index (χ2v) is 7.02. The van der Waals surface area contributed by atoms with Crippen molar-refractivity contribution in [3.63, 3.8) is 0 Å². The van der Waals surface area contributed by atoms with Crippen molar-refractivity contribution in [2.24, 2.45) is 4.99 Å². The number of unbranched alkanes of at least 4 members (excludes halogenated alkanes) is 1. The predicted octanol–water partition coefficient (Wildman–Crippen LogP) is 2.29. The Morgan fingerprint density at radius 2 is 1.92 bits per heavy atom. The first-order valence-electron chi connectivity index (χ1n) is 9.46. The van der Waals surface area contributed by atoms with E-state index in [1.54, 1.807) is 19.0 Å². The molecule has 1 heterocycles. The van der Waals surface area contributed by atoms with Gasteiger partial charge in [0.1, 0.15) is 6.54 Å². The quantitative estimate of drug-likeness (QED) is 0.327. The fraction of sp³-hybridized carbons (Fsp3) is 0.889. The topological polar surface area (TPSA) is 60.0 Å². The average molecular weight is 467 g/mol. The Balaban J connectivity index is 0.00000576. The predicted molar refractivity (Wildman–Crippen MR) is 117 cm³/mol. The molecule has 1 aliphatic rings. The number of hydrogen-bond acceptors (Lipinski definition) is 3. The number of nitrogens with one attached hydrogen (secondary N) is 2. The molecule has 0 bridgehead atoms. The highest BCUT2D eigenvalue weighted by Gasteiger charge is 2.20. The molecule has 1 unspecified atom stereocenters. The molecule has 1 saturated heterocycles. The molecule has 0 radical (unpaired) electrons. The molecule has 0 aromatic carbocycles. The van der Waals surface area contributed by atoms with Crippen molar-refractivity contribution in [2.75, 3.05) is 40.3 Å². The van der Waals surface area contributed by atoms with Gasteiger partial charge in [0.15, 0.2) is 5.96 Å². The zero-order valence-electron chi connectivity index (χ0n) is 16.7. The highest BCUT2D eigenvalue weighted by Crippen LogP contribution is 2.11. The van der Waals surface area contributed by atoms with Crippen LogP contribution in [-0.2, 0) is 4.79 Å². The Kier molecular flexibility index (Phi) is 13.3. The summed E-state index contributed by atoms with van der Waals surface area (Å²) in [6.07, 6.45) is 5.83. The molecule has 1 fully saturated rings. The fourth-order valence-electron chi connectivity index (χ4n) is 2.63. The molecule has 2 N–H and O–H groups in total. The summed E-state index contributed by atoms with van der Waals surface area (Å²) in [5.74, 6) is 0.793. The van der Waals surface area contributed by atoms with Crippen LogP contribution in [0.4, 0.5) is 0 Å². The Bertz CT molecular complexity index is 395. The molecule has 1 atom stereocenters. The number of likely N-dealkylation sites (N-methyl/N-ethyl adjacent to an activating group) is 1. The van der Waals surface area contributed by atoms with Gasteiger partial charge < -0.3 is 20.4 Å². The lowest BCUT2D eigenvalue weighted by Crippen LogP contribution is -2.50. The van der Waals surface area contributed by atoms with E-state index in [9.17, 15) is 4.79 Å². The molecule has 1 amide bonds. The minimum Gasteiger partial charge on any atom is -0.354 e. The minimum atomic E-state index is 0. The summed E-state index contributed by atoms with van der Waals surface area (Å²) in [4.78, 5) is 20.4. The maximum absolute atomic E-state index is 11.8. The number of aliphatic imine (C=N–C) groups is 1. The lowest BCUT2D eigenvalue weighted by molar-refractivity contribution is -0.127. The molecule has 0 aromatic rings. The lowest BCUT2D eigenvalue weighted by Gasteiger charge is -2.33. The van der Waals surface area contributed by atoms with Crippen molar-refractivity contribution in [1.29, 1.82) is 0 Å². The van der Waals surface area contributed by atoms with Crippen molar-refractivity contribution in [3.05, 3.63) is 0 Å². The second-order valence-electron chi connectivity index (χ2n) is 7.02. The number of carbonyl (C=O) groups excluding carboxylic acids is 1. The van der Waals surface area contributed by atoms with Crippen LogP contribution in [0.15, 0.2) is 4.99 Å². The average Bonchev–Trinajstić information content (AvgIpc) is 2.58. The van der Waals surface area contributed by atoms with Gasteiger partial charge in [-0.25, -0.2) is 4.99 Å². The molecule has 1 aliphatic heterocycles. The van der Waals surface area contributed by atoms with E-state index in [-0.39, 0.29) is 36.4 Å². The highest BCUT2D eigenvalue weighted by molar-refractivity contribution is 14.0. The van der Waals surface area contributed by atoms with Gasteiger partial charge in [-0.05, 0) is 39.2 Å². The molecule has 0 saturated carbocycles. The van der Waals surface area contributed by atoms with E-state index in [0.717, 1.165) is 38.3 Å². The molecule has 6 nitrogen and oxygen atoms in total. The van der Waals surface area contributed by atoms with Crippen LogP contribution in [0.1, 0.15) is 52.9 Å². The summed E-state index contributed by atoms with van der Waals surface area (Å²) in [5.41, 5.74) is 0. The van der Waals surface area contributed by atoms with Crippen LogP contribution >= 0.6 is 24.0 Å². The largest absolute Gasteiger partial charge is 0.354 e. The number of carbonyl (C=O) groups is 1. The molecule has 25 heavy (non-hydrogen) atoms. The third kappa shape index (κ3) is 10.2. The van der Waals surface area contributed by atoms with E-state index in [4.69, 9.17) is 0 Å². The number of amides is 1. The van der Waals surface area contributed by atoms with E-state index < -0.39 is 0 Å². The number of likely N-dealkylation sites (tertiary alicyclic amines) is 1. The fourth-order valence-corrected chi connectivity index (χ4v) is 2.63. The maximum Gasteiger partial charge on any atom is 0.243 e. The Hall–Kier alpha value is -0.570. The minimum absolute atomic E-state index is 0. The van der Waals surface area contributed by atoms with Crippen molar-refractivity contribution in [1.82, 2.24) is 20.4 Å². The summed E-state index contributed by atoms with van der Waals surface area (Å²) >= 11 is 0. The molecule has 0 aliphatic carbocycles. The maximum atomic E-state index is 11.8. The first-order chi connectivity index (χ1) is 11.5. The molecule has 0 aromatic heterocycles. The van der Waals surface area contributed by atoms with Crippen molar-refractivity contribution >= 4 is 35.8 Å². The summed E-state index contributed by atoms with van der Waals surface area (Å²) in [6, 6.07) is 0.781. The van der Waals surface area contributed by atoms with Gasteiger partial charge in [-0.2, -0.15) is 0 Å². The zero-order chi connectivity index (χ0) is 17.9. The molecule has 0 spiro atoms. The van der Waals surface area contributed by atoms with Crippen molar-refractivity contribution in [2.45, 2.75) is 65.0 Å². The Morgan fingerprint density at radius 1 is 1.28 bits per heavy atom. The van der Waals surface area contributed by atoms with Gasteiger partial charge in [0.25, 0.3) is 0 Å². The SMILES string of the molecule is CCCCN1CCC(NC(=NCC(=O)N(C)C)NC(C)CC)CC1.I. The van der Waals surface area contributed by atoms with E-state index in [0.29, 0.717) is 12.1 Å². The van der Waals surface area contributed by atoms with E-state index >= 15 is 0 Å². The molecule has 148 valence electrons. The van der Waals surface area contributed by atoms with Crippen LogP contribution in [0.2, 0.25) is 0 Å². The second kappa shape index (κ2) is 13.6. The van der Waals surface area contributed by atoms with Gasteiger partial charge in [-0.1, -0.05) is 20.3 Å². The summed E-state index contributed by atoms with van der Waals surface area (Å²) in [6.45, 7) is 10.2. The number of halogens is 1. The van der Waals surface area contributed by atoms with Crippen LogP contribution in [0.25, 0.3) is 0 Å². The van der Waals surface area contributed by atoms with Gasteiger partial charge in [0.05, 0.1) is 0 Å². The van der Waals surface area contributed by atoms with Crippen LogP contribution < -0.4 is 10.6 Å². The Morgan fingerprint density at radius 3 is 2.44 bits per heavy atom. The van der Waals surface area contributed by atoms with E-state index in [2.05, 4.69) is 41.3 Å². The number of nitrogens with zero attached hydrogens (tertiary/aromatic N) is 3. The van der Waals surface area contributed by atoms with Crippen LogP contribution in [0.3, 0.4) is 0 Å². The van der Waals surface area contributed by atoms with Crippen LogP contribution in [0, 0.1) is 0 Å². The third-order valence-corrected chi connectivity index (χ3v) is 4.62. The van der Waals surface area contributed by atoms with E-state index in [1.165, 1.54) is 19.4 Å². The first-order valence-corrected chi connectivity index (χ1v) is 9.46. The normalized spacial score (nSPS) is 17.6. The zero-order valence-corrected chi connectivity index (χ0v) is 19.0. The molecule has 1 rings (SSSR count). The summed E-state index contributed by atoms with van der Waals surface area (Å²) in [7, 11) is 3.53. The number of hydrogen-bond donors (Lipinski definition) is 2. The van der Waals surface area contributed by atoms with E-state index in [1.807, 2.05) is 0 Å². The van der Waals surface area contributed by atoms with Crippen molar-refractivity contribution < 1.29 is 4.79 Å². The number of piperidine rings is 1. The van der Waals surface area contributed by atoms with Crippen LogP contribution in [-0.4, -0.2) is 74.0 Å².